The largest absolute Gasteiger partial charge is 0.352 e. The summed E-state index contributed by atoms with van der Waals surface area (Å²) in [7, 11) is 0. The number of fused-ring (bicyclic) bond motifs is 1. The first-order valence-corrected chi connectivity index (χ1v) is 6.54. The van der Waals surface area contributed by atoms with Crippen molar-refractivity contribution >= 4 is 32.9 Å². The lowest BCUT2D eigenvalue weighted by Gasteiger charge is -2.08. The highest BCUT2D eigenvalue weighted by Gasteiger charge is 2.11. The Hall–Kier alpha value is -1.43. The first-order valence-electron chi connectivity index (χ1n) is 5.75. The predicted octanol–water partition coefficient (Wildman–Crippen LogP) is 2.03. The molecule has 96 valence electrons. The average Bonchev–Trinajstić information content (AvgIpc) is 2.61. The van der Waals surface area contributed by atoms with E-state index in [1.54, 1.807) is 10.9 Å². The summed E-state index contributed by atoms with van der Waals surface area (Å²) >= 11 is 3.43. The van der Waals surface area contributed by atoms with Gasteiger partial charge in [0.1, 0.15) is 6.54 Å². The van der Waals surface area contributed by atoms with Crippen LogP contribution in [0, 0.1) is 6.92 Å². The number of halogens is 1. The Morgan fingerprint density at radius 3 is 2.94 bits per heavy atom. The van der Waals surface area contributed by atoms with E-state index in [-0.39, 0.29) is 18.5 Å². The second kappa shape index (κ2) is 5.06. The van der Waals surface area contributed by atoms with Gasteiger partial charge in [-0.2, -0.15) is 5.10 Å². The Bertz CT molecular complexity index is 591. The Kier molecular flexibility index (Phi) is 3.65. The summed E-state index contributed by atoms with van der Waals surface area (Å²) in [4.78, 5) is 16.1. The van der Waals surface area contributed by atoms with Crippen molar-refractivity contribution in [3.05, 3.63) is 22.4 Å². The van der Waals surface area contributed by atoms with E-state index in [9.17, 15) is 4.79 Å². The smallest absolute Gasteiger partial charge is 0.242 e. The second-order valence-electron chi connectivity index (χ2n) is 4.49. The fourth-order valence-corrected chi connectivity index (χ4v) is 2.03. The Morgan fingerprint density at radius 1 is 1.56 bits per heavy atom. The minimum atomic E-state index is -0.0580. The van der Waals surface area contributed by atoms with Gasteiger partial charge in [0.15, 0.2) is 5.65 Å². The monoisotopic (exact) mass is 310 g/mol. The Morgan fingerprint density at radius 2 is 2.28 bits per heavy atom. The topological polar surface area (TPSA) is 59.8 Å². The van der Waals surface area contributed by atoms with Gasteiger partial charge in [-0.1, -0.05) is 0 Å². The van der Waals surface area contributed by atoms with E-state index < -0.39 is 0 Å². The zero-order valence-electron chi connectivity index (χ0n) is 10.6. The first-order chi connectivity index (χ1) is 8.47. The van der Waals surface area contributed by atoms with Gasteiger partial charge in [-0.25, -0.2) is 9.67 Å². The van der Waals surface area contributed by atoms with Crippen LogP contribution < -0.4 is 5.32 Å². The summed E-state index contributed by atoms with van der Waals surface area (Å²) in [6, 6.07) is 2.09. The van der Waals surface area contributed by atoms with Crippen molar-refractivity contribution < 1.29 is 4.79 Å². The number of nitrogens with one attached hydrogen (secondary N) is 1. The van der Waals surface area contributed by atoms with Gasteiger partial charge in [0.05, 0.1) is 11.9 Å². The van der Waals surface area contributed by atoms with Crippen molar-refractivity contribution in [3.8, 4) is 0 Å². The number of carbonyl (C=O) groups is 1. The van der Waals surface area contributed by atoms with Crippen molar-refractivity contribution in [2.24, 2.45) is 0 Å². The van der Waals surface area contributed by atoms with Crippen LogP contribution in [0.15, 0.2) is 16.7 Å². The average molecular weight is 311 g/mol. The first kappa shape index (κ1) is 13.0. The maximum Gasteiger partial charge on any atom is 0.242 e. The summed E-state index contributed by atoms with van der Waals surface area (Å²) < 4.78 is 2.56. The van der Waals surface area contributed by atoms with Gasteiger partial charge in [0.25, 0.3) is 0 Å². The van der Waals surface area contributed by atoms with Crippen molar-refractivity contribution in [3.63, 3.8) is 0 Å². The van der Waals surface area contributed by atoms with Crippen LogP contribution in [0.5, 0.6) is 0 Å². The maximum atomic E-state index is 11.7. The number of carbonyl (C=O) groups excluding carboxylic acids is 1. The highest BCUT2D eigenvalue weighted by Crippen LogP contribution is 2.20. The molecule has 5 nitrogen and oxygen atoms in total. The van der Waals surface area contributed by atoms with Crippen molar-refractivity contribution in [1.29, 1.82) is 0 Å². The van der Waals surface area contributed by atoms with Gasteiger partial charge in [-0.15, -0.1) is 0 Å². The fourth-order valence-electron chi connectivity index (χ4n) is 1.69. The van der Waals surface area contributed by atoms with Crippen molar-refractivity contribution in [2.75, 3.05) is 0 Å². The normalized spacial score (nSPS) is 11.2. The molecule has 0 bridgehead atoms. The van der Waals surface area contributed by atoms with E-state index in [2.05, 4.69) is 31.3 Å². The minimum absolute atomic E-state index is 0.0580. The SMILES string of the molecule is Cc1nc2c(cnn2CC(=O)NC(C)C)cc1Br. The standard InChI is InChI=1S/C12H15BrN4O/c1-7(2)15-11(18)6-17-12-9(5-14-17)4-10(13)8(3)16-12/h4-5,7H,6H2,1-3H3,(H,15,18). The molecule has 2 aromatic heterocycles. The molecular formula is C12H15BrN4O. The summed E-state index contributed by atoms with van der Waals surface area (Å²) in [6.45, 7) is 5.96. The molecule has 0 spiro atoms. The molecule has 6 heteroatoms. The molecule has 2 rings (SSSR count). The molecule has 0 unspecified atom stereocenters. The molecule has 2 aromatic rings. The molecule has 1 N–H and O–H groups in total. The number of rotatable bonds is 3. The summed E-state index contributed by atoms with van der Waals surface area (Å²) in [5, 5.41) is 7.95. The van der Waals surface area contributed by atoms with Crippen LogP contribution in [0.1, 0.15) is 19.5 Å². The third kappa shape index (κ3) is 2.69. The van der Waals surface area contributed by atoms with Gasteiger partial charge in [0, 0.05) is 15.9 Å². The zero-order valence-corrected chi connectivity index (χ0v) is 12.2. The van der Waals surface area contributed by atoms with Crippen molar-refractivity contribution in [2.45, 2.75) is 33.4 Å². The molecule has 0 radical (unpaired) electrons. The molecule has 1 amide bonds. The zero-order chi connectivity index (χ0) is 13.3. The quantitative estimate of drug-likeness (QED) is 0.943. The van der Waals surface area contributed by atoms with E-state index in [0.29, 0.717) is 0 Å². The van der Waals surface area contributed by atoms with Crippen LogP contribution in [-0.4, -0.2) is 26.7 Å². The molecule has 0 saturated heterocycles. The molecular weight excluding hydrogens is 296 g/mol. The number of pyridine rings is 1. The molecule has 0 aliphatic heterocycles. The van der Waals surface area contributed by atoms with Gasteiger partial charge in [0.2, 0.25) is 5.91 Å². The molecule has 0 aliphatic rings. The number of hydrogen-bond donors (Lipinski definition) is 1. The van der Waals surface area contributed by atoms with Crippen LogP contribution in [0.2, 0.25) is 0 Å². The fraction of sp³-hybridized carbons (Fsp3) is 0.417. The third-order valence-corrected chi connectivity index (χ3v) is 3.29. The van der Waals surface area contributed by atoms with E-state index in [1.165, 1.54) is 0 Å². The van der Waals surface area contributed by atoms with Crippen LogP contribution in [0.3, 0.4) is 0 Å². The summed E-state index contributed by atoms with van der Waals surface area (Å²) in [5.41, 5.74) is 1.61. The Labute approximate surface area is 114 Å². The number of amides is 1. The van der Waals surface area contributed by atoms with Crippen LogP contribution in [0.4, 0.5) is 0 Å². The van der Waals surface area contributed by atoms with Gasteiger partial charge in [-0.05, 0) is 42.8 Å². The van der Waals surface area contributed by atoms with Gasteiger partial charge in [-0.3, -0.25) is 4.79 Å². The minimum Gasteiger partial charge on any atom is -0.352 e. The second-order valence-corrected chi connectivity index (χ2v) is 5.35. The van der Waals surface area contributed by atoms with E-state index in [4.69, 9.17) is 0 Å². The van der Waals surface area contributed by atoms with E-state index in [0.717, 1.165) is 21.2 Å². The van der Waals surface area contributed by atoms with Crippen LogP contribution >= 0.6 is 15.9 Å². The highest BCUT2D eigenvalue weighted by atomic mass is 79.9. The van der Waals surface area contributed by atoms with Gasteiger partial charge < -0.3 is 5.32 Å². The lowest BCUT2D eigenvalue weighted by molar-refractivity contribution is -0.122. The maximum absolute atomic E-state index is 11.7. The molecule has 0 aromatic carbocycles. The summed E-state index contributed by atoms with van der Waals surface area (Å²) in [6.07, 6.45) is 1.72. The number of aryl methyl sites for hydroxylation is 1. The number of nitrogens with zero attached hydrogens (tertiary/aromatic N) is 3. The predicted molar refractivity (Wildman–Crippen MR) is 73.2 cm³/mol. The third-order valence-electron chi connectivity index (χ3n) is 2.48. The highest BCUT2D eigenvalue weighted by molar-refractivity contribution is 9.10. The summed E-state index contributed by atoms with van der Waals surface area (Å²) in [5.74, 6) is -0.0580. The number of aromatic nitrogens is 3. The lowest BCUT2D eigenvalue weighted by Crippen LogP contribution is -2.33. The van der Waals surface area contributed by atoms with Crippen molar-refractivity contribution in [1.82, 2.24) is 20.1 Å². The van der Waals surface area contributed by atoms with Crippen LogP contribution in [0.25, 0.3) is 11.0 Å². The van der Waals surface area contributed by atoms with E-state index >= 15 is 0 Å². The molecule has 0 fully saturated rings. The molecule has 0 aliphatic carbocycles. The lowest BCUT2D eigenvalue weighted by atomic mass is 10.3. The molecule has 18 heavy (non-hydrogen) atoms. The van der Waals surface area contributed by atoms with Gasteiger partial charge >= 0.3 is 0 Å². The Balaban J connectivity index is 2.29. The number of hydrogen-bond acceptors (Lipinski definition) is 3. The molecule has 2 heterocycles. The van der Waals surface area contributed by atoms with Crippen LogP contribution in [-0.2, 0) is 11.3 Å². The van der Waals surface area contributed by atoms with E-state index in [1.807, 2.05) is 26.8 Å². The molecule has 0 atom stereocenters. The molecule has 0 saturated carbocycles.